The van der Waals surface area contributed by atoms with Crippen molar-refractivity contribution < 1.29 is 18.7 Å². The predicted octanol–water partition coefficient (Wildman–Crippen LogP) is 4.28. The first-order valence-corrected chi connectivity index (χ1v) is 10.4. The van der Waals surface area contributed by atoms with Crippen LogP contribution in [0.1, 0.15) is 42.5 Å². The standard InChI is InChI=1S/C24H26N4O4/c1-5-28(16(2)3)19-10-8-18(9-11-19)26-21(29)15-31-24(30)22-17(4)32-23(20(22)14-25)27-12-6-7-13-27/h6-13,16H,5,15H2,1-4H3,(H,26,29). The van der Waals surface area contributed by atoms with Crippen LogP contribution in [0.15, 0.2) is 53.2 Å². The molecule has 1 aromatic carbocycles. The number of ether oxygens (including phenoxy) is 1. The average Bonchev–Trinajstić information content (AvgIpc) is 3.41. The number of nitrogens with zero attached hydrogens (tertiary/aromatic N) is 3. The highest BCUT2D eigenvalue weighted by atomic mass is 16.5. The van der Waals surface area contributed by atoms with E-state index in [1.54, 1.807) is 48.1 Å². The van der Waals surface area contributed by atoms with Gasteiger partial charge in [0.25, 0.3) is 5.91 Å². The van der Waals surface area contributed by atoms with E-state index >= 15 is 0 Å². The third-order valence-electron chi connectivity index (χ3n) is 5.00. The van der Waals surface area contributed by atoms with E-state index in [0.29, 0.717) is 11.7 Å². The Kier molecular flexibility index (Phi) is 7.00. The first-order chi connectivity index (χ1) is 15.3. The zero-order valence-corrected chi connectivity index (χ0v) is 18.6. The minimum absolute atomic E-state index is 0.0155. The van der Waals surface area contributed by atoms with Crippen LogP contribution in [0.2, 0.25) is 0 Å². The zero-order chi connectivity index (χ0) is 23.3. The Hall–Kier alpha value is -3.99. The highest BCUT2D eigenvalue weighted by molar-refractivity contribution is 5.97. The number of rotatable bonds is 8. The van der Waals surface area contributed by atoms with E-state index in [2.05, 4.69) is 31.0 Å². The number of nitrogens with one attached hydrogen (secondary N) is 1. The molecule has 0 aliphatic heterocycles. The maximum atomic E-state index is 12.6. The molecule has 1 amide bonds. The molecule has 0 unspecified atom stereocenters. The minimum Gasteiger partial charge on any atom is -0.452 e. The summed E-state index contributed by atoms with van der Waals surface area (Å²) in [4.78, 5) is 27.1. The molecule has 8 nitrogen and oxygen atoms in total. The van der Waals surface area contributed by atoms with Crippen LogP contribution in [0, 0.1) is 18.3 Å². The van der Waals surface area contributed by atoms with Crippen molar-refractivity contribution in [2.45, 2.75) is 33.7 Å². The molecule has 32 heavy (non-hydrogen) atoms. The first-order valence-electron chi connectivity index (χ1n) is 10.4. The Labute approximate surface area is 187 Å². The third kappa shape index (κ3) is 4.83. The minimum atomic E-state index is -0.790. The van der Waals surface area contributed by atoms with Gasteiger partial charge in [-0.05, 0) is 64.1 Å². The van der Waals surface area contributed by atoms with Crippen molar-refractivity contribution in [1.82, 2.24) is 4.57 Å². The molecule has 0 atom stereocenters. The molecule has 3 rings (SSSR count). The molecule has 2 heterocycles. The fourth-order valence-corrected chi connectivity index (χ4v) is 3.51. The van der Waals surface area contributed by atoms with Gasteiger partial charge in [-0.2, -0.15) is 5.26 Å². The van der Waals surface area contributed by atoms with Crippen molar-refractivity contribution >= 4 is 23.3 Å². The lowest BCUT2D eigenvalue weighted by molar-refractivity contribution is -0.119. The monoisotopic (exact) mass is 434 g/mol. The second-order valence-corrected chi connectivity index (χ2v) is 7.47. The van der Waals surface area contributed by atoms with Crippen molar-refractivity contribution in [3.63, 3.8) is 0 Å². The maximum Gasteiger partial charge on any atom is 0.343 e. The SMILES string of the molecule is CCN(c1ccc(NC(=O)COC(=O)c2c(C)oc(-n3cccc3)c2C#N)cc1)C(C)C. The van der Waals surface area contributed by atoms with Gasteiger partial charge in [0, 0.05) is 36.4 Å². The largest absolute Gasteiger partial charge is 0.452 e. The second kappa shape index (κ2) is 9.88. The van der Waals surface area contributed by atoms with Gasteiger partial charge in [0.2, 0.25) is 5.88 Å². The number of carbonyl (C=O) groups is 2. The van der Waals surface area contributed by atoms with Gasteiger partial charge in [-0.15, -0.1) is 0 Å². The van der Waals surface area contributed by atoms with Crippen LogP contribution in [0.4, 0.5) is 11.4 Å². The van der Waals surface area contributed by atoms with Gasteiger partial charge in [0.15, 0.2) is 6.61 Å². The van der Waals surface area contributed by atoms with Gasteiger partial charge in [0.05, 0.1) is 0 Å². The normalized spacial score (nSPS) is 10.6. The van der Waals surface area contributed by atoms with E-state index < -0.39 is 18.5 Å². The molecule has 2 aromatic heterocycles. The first kappa shape index (κ1) is 22.7. The summed E-state index contributed by atoms with van der Waals surface area (Å²) in [6.07, 6.45) is 3.40. The molecule has 0 fully saturated rings. The van der Waals surface area contributed by atoms with Crippen molar-refractivity contribution in [3.8, 4) is 12.0 Å². The van der Waals surface area contributed by atoms with Crippen LogP contribution in [-0.2, 0) is 9.53 Å². The van der Waals surface area contributed by atoms with Gasteiger partial charge in [-0.1, -0.05) is 0 Å². The highest BCUT2D eigenvalue weighted by Gasteiger charge is 2.26. The summed E-state index contributed by atoms with van der Waals surface area (Å²) in [6.45, 7) is 8.29. The number of furan rings is 1. The Morgan fingerprint density at radius 3 is 2.44 bits per heavy atom. The number of carbonyl (C=O) groups excluding carboxylic acids is 2. The third-order valence-corrected chi connectivity index (χ3v) is 5.00. The van der Waals surface area contributed by atoms with Crippen LogP contribution >= 0.6 is 0 Å². The van der Waals surface area contributed by atoms with Crippen LogP contribution in [0.5, 0.6) is 0 Å². The Bertz CT molecular complexity index is 1120. The molecule has 8 heteroatoms. The van der Waals surface area contributed by atoms with Gasteiger partial charge in [-0.25, -0.2) is 4.79 Å². The maximum absolute atomic E-state index is 12.6. The van der Waals surface area contributed by atoms with Crippen LogP contribution in [0.3, 0.4) is 0 Å². The van der Waals surface area contributed by atoms with Crippen LogP contribution in [-0.4, -0.2) is 35.6 Å². The molecule has 0 bridgehead atoms. The Balaban J connectivity index is 1.63. The molecule has 1 N–H and O–H groups in total. The van der Waals surface area contributed by atoms with E-state index in [0.717, 1.165) is 12.2 Å². The quantitative estimate of drug-likeness (QED) is 0.531. The molecule has 0 spiro atoms. The summed E-state index contributed by atoms with van der Waals surface area (Å²) < 4.78 is 12.3. The molecular weight excluding hydrogens is 408 g/mol. The molecule has 0 aliphatic carbocycles. The number of amides is 1. The van der Waals surface area contributed by atoms with Gasteiger partial charge in [0.1, 0.15) is 23.0 Å². The molecule has 166 valence electrons. The van der Waals surface area contributed by atoms with E-state index in [1.807, 2.05) is 18.2 Å². The number of benzene rings is 1. The zero-order valence-electron chi connectivity index (χ0n) is 18.6. The van der Waals surface area contributed by atoms with Crippen LogP contribution < -0.4 is 10.2 Å². The molecule has 0 radical (unpaired) electrons. The number of aryl methyl sites for hydroxylation is 1. The van der Waals surface area contributed by atoms with Gasteiger partial charge in [-0.3, -0.25) is 9.36 Å². The van der Waals surface area contributed by atoms with E-state index in [1.165, 1.54) is 0 Å². The highest BCUT2D eigenvalue weighted by Crippen LogP contribution is 2.26. The summed E-state index contributed by atoms with van der Waals surface area (Å²) in [5.74, 6) is -0.791. The summed E-state index contributed by atoms with van der Waals surface area (Å²) in [5.41, 5.74) is 1.73. The molecule has 0 saturated carbocycles. The lowest BCUT2D eigenvalue weighted by Gasteiger charge is -2.27. The summed E-state index contributed by atoms with van der Waals surface area (Å²) >= 11 is 0. The number of esters is 1. The Morgan fingerprint density at radius 2 is 1.88 bits per heavy atom. The van der Waals surface area contributed by atoms with Crippen molar-refractivity contribution in [2.75, 3.05) is 23.4 Å². The predicted molar refractivity (Wildman–Crippen MR) is 121 cm³/mol. The van der Waals surface area contributed by atoms with Crippen molar-refractivity contribution in [2.24, 2.45) is 0 Å². The molecule has 0 aliphatic rings. The van der Waals surface area contributed by atoms with Crippen molar-refractivity contribution in [3.05, 3.63) is 65.7 Å². The lowest BCUT2D eigenvalue weighted by atomic mass is 10.1. The van der Waals surface area contributed by atoms with E-state index in [9.17, 15) is 14.9 Å². The lowest BCUT2D eigenvalue weighted by Crippen LogP contribution is -2.30. The fraction of sp³-hybridized carbons (Fsp3) is 0.292. The number of hydrogen-bond acceptors (Lipinski definition) is 6. The van der Waals surface area contributed by atoms with E-state index in [4.69, 9.17) is 9.15 Å². The number of nitriles is 1. The smallest absolute Gasteiger partial charge is 0.343 e. The molecule has 3 aromatic rings. The van der Waals surface area contributed by atoms with E-state index in [-0.39, 0.29) is 22.8 Å². The number of aromatic nitrogens is 1. The topological polar surface area (TPSA) is 100 Å². The molecule has 0 saturated heterocycles. The van der Waals surface area contributed by atoms with Crippen molar-refractivity contribution in [1.29, 1.82) is 5.26 Å². The number of hydrogen-bond donors (Lipinski definition) is 1. The number of anilines is 2. The van der Waals surface area contributed by atoms with Gasteiger partial charge < -0.3 is 19.4 Å². The van der Waals surface area contributed by atoms with Gasteiger partial charge >= 0.3 is 5.97 Å². The Morgan fingerprint density at radius 1 is 1.22 bits per heavy atom. The second-order valence-electron chi connectivity index (χ2n) is 7.47. The average molecular weight is 434 g/mol. The fourth-order valence-electron chi connectivity index (χ4n) is 3.51. The molecular formula is C24H26N4O4. The summed E-state index contributed by atoms with van der Waals surface area (Å²) in [7, 11) is 0. The summed E-state index contributed by atoms with van der Waals surface area (Å²) in [5, 5.41) is 12.2. The van der Waals surface area contributed by atoms with Crippen LogP contribution in [0.25, 0.3) is 5.88 Å². The summed E-state index contributed by atoms with van der Waals surface area (Å²) in [6, 6.07) is 13.4.